The summed E-state index contributed by atoms with van der Waals surface area (Å²) in [5.41, 5.74) is 5.43. The number of para-hydroxylation sites is 2. The average molecular weight is 442 g/mol. The van der Waals surface area contributed by atoms with E-state index in [9.17, 15) is 9.59 Å². The average Bonchev–Trinajstić information content (AvgIpc) is 2.85. The van der Waals surface area contributed by atoms with Crippen LogP contribution in [-0.4, -0.2) is 24.9 Å². The number of anilines is 2. The van der Waals surface area contributed by atoms with Gasteiger partial charge in [-0.05, 0) is 60.7 Å². The van der Waals surface area contributed by atoms with Crippen molar-refractivity contribution in [3.8, 4) is 0 Å². The Morgan fingerprint density at radius 2 is 1.67 bits per heavy atom. The number of hydrogen-bond donors (Lipinski definition) is 2. The number of nitrogens with zero attached hydrogens (tertiary/aromatic N) is 1. The quantitative estimate of drug-likeness (QED) is 0.459. The van der Waals surface area contributed by atoms with Crippen LogP contribution in [0.2, 0.25) is 0 Å². The third kappa shape index (κ3) is 5.61. The molecule has 5 heteroatoms. The molecule has 1 aliphatic rings. The van der Waals surface area contributed by atoms with Crippen molar-refractivity contribution in [2.75, 3.05) is 23.3 Å². The first-order valence-corrected chi connectivity index (χ1v) is 11.8. The number of carbonyl (C=O) groups is 2. The van der Waals surface area contributed by atoms with Crippen LogP contribution in [0, 0.1) is 0 Å². The largest absolute Gasteiger partial charge is 0.367 e. The molecule has 0 saturated heterocycles. The highest BCUT2D eigenvalue weighted by molar-refractivity contribution is 6.09. The van der Waals surface area contributed by atoms with Crippen molar-refractivity contribution in [1.82, 2.24) is 5.32 Å². The van der Waals surface area contributed by atoms with Crippen LogP contribution in [0.1, 0.15) is 58.0 Å². The van der Waals surface area contributed by atoms with Gasteiger partial charge in [-0.15, -0.1) is 0 Å². The molecule has 0 bridgehead atoms. The van der Waals surface area contributed by atoms with Gasteiger partial charge in [0.15, 0.2) is 0 Å². The van der Waals surface area contributed by atoms with E-state index >= 15 is 0 Å². The zero-order chi connectivity index (χ0) is 23.0. The van der Waals surface area contributed by atoms with Gasteiger partial charge in [0.05, 0.1) is 11.3 Å². The summed E-state index contributed by atoms with van der Waals surface area (Å²) in [6.45, 7) is 4.56. The SMILES string of the molecule is CCCCNC(=O)c1ccccc1NC(=O)c1ccc(CN2CCCc3ccccc32)cc1. The second-order valence-electron chi connectivity index (χ2n) is 8.46. The second-order valence-corrected chi connectivity index (χ2v) is 8.46. The lowest BCUT2D eigenvalue weighted by atomic mass is 10.0. The van der Waals surface area contributed by atoms with Gasteiger partial charge in [0, 0.05) is 30.9 Å². The fourth-order valence-electron chi connectivity index (χ4n) is 4.22. The number of aryl methyl sites for hydroxylation is 1. The van der Waals surface area contributed by atoms with Crippen LogP contribution in [0.15, 0.2) is 72.8 Å². The first-order valence-electron chi connectivity index (χ1n) is 11.8. The molecule has 0 unspecified atom stereocenters. The van der Waals surface area contributed by atoms with Crippen molar-refractivity contribution in [2.45, 2.75) is 39.2 Å². The Morgan fingerprint density at radius 3 is 2.48 bits per heavy atom. The highest BCUT2D eigenvalue weighted by atomic mass is 16.2. The van der Waals surface area contributed by atoms with E-state index in [2.05, 4.69) is 46.7 Å². The normalized spacial score (nSPS) is 12.7. The van der Waals surface area contributed by atoms with Crippen LogP contribution >= 0.6 is 0 Å². The fraction of sp³-hybridized carbons (Fsp3) is 0.286. The van der Waals surface area contributed by atoms with E-state index < -0.39 is 0 Å². The zero-order valence-electron chi connectivity index (χ0n) is 19.1. The molecule has 5 nitrogen and oxygen atoms in total. The number of carbonyl (C=O) groups excluding carboxylic acids is 2. The Labute approximate surface area is 195 Å². The smallest absolute Gasteiger partial charge is 0.255 e. The van der Waals surface area contributed by atoms with E-state index in [1.807, 2.05) is 30.3 Å². The lowest BCUT2D eigenvalue weighted by Crippen LogP contribution is -2.28. The maximum absolute atomic E-state index is 12.9. The molecule has 2 amide bonds. The summed E-state index contributed by atoms with van der Waals surface area (Å²) in [6, 6.07) is 23.4. The summed E-state index contributed by atoms with van der Waals surface area (Å²) in [4.78, 5) is 27.8. The minimum atomic E-state index is -0.223. The van der Waals surface area contributed by atoms with E-state index in [1.54, 1.807) is 18.2 Å². The molecule has 0 atom stereocenters. The van der Waals surface area contributed by atoms with Gasteiger partial charge in [-0.2, -0.15) is 0 Å². The molecule has 0 fully saturated rings. The second kappa shape index (κ2) is 10.8. The van der Waals surface area contributed by atoms with Gasteiger partial charge < -0.3 is 15.5 Å². The number of rotatable bonds is 8. The molecule has 1 aliphatic heterocycles. The summed E-state index contributed by atoms with van der Waals surface area (Å²) in [7, 11) is 0. The molecule has 170 valence electrons. The summed E-state index contributed by atoms with van der Waals surface area (Å²) in [5, 5.41) is 5.81. The first-order chi connectivity index (χ1) is 16.2. The third-order valence-electron chi connectivity index (χ3n) is 6.03. The monoisotopic (exact) mass is 441 g/mol. The van der Waals surface area contributed by atoms with Crippen molar-refractivity contribution in [1.29, 1.82) is 0 Å². The molecule has 0 aliphatic carbocycles. The topological polar surface area (TPSA) is 61.4 Å². The number of unbranched alkanes of at least 4 members (excludes halogenated alkanes) is 1. The molecule has 0 radical (unpaired) electrons. The number of fused-ring (bicyclic) bond motifs is 1. The highest BCUT2D eigenvalue weighted by Crippen LogP contribution is 2.28. The Morgan fingerprint density at radius 1 is 0.909 bits per heavy atom. The maximum Gasteiger partial charge on any atom is 0.255 e. The standard InChI is InChI=1S/C28H31N3O2/c1-2-3-18-29-28(33)24-11-5-6-12-25(24)30-27(32)23-16-14-21(15-17-23)20-31-19-8-10-22-9-4-7-13-26(22)31/h4-7,9,11-17H,2-3,8,10,18-20H2,1H3,(H,29,33)(H,30,32). The van der Waals surface area contributed by atoms with Crippen molar-refractivity contribution in [2.24, 2.45) is 0 Å². The zero-order valence-corrected chi connectivity index (χ0v) is 19.1. The molecule has 0 spiro atoms. The van der Waals surface area contributed by atoms with Crippen LogP contribution in [0.25, 0.3) is 0 Å². The van der Waals surface area contributed by atoms with E-state index in [4.69, 9.17) is 0 Å². The van der Waals surface area contributed by atoms with Gasteiger partial charge in [0.25, 0.3) is 11.8 Å². The summed E-state index contributed by atoms with van der Waals surface area (Å²) in [5.74, 6) is -0.393. The van der Waals surface area contributed by atoms with Crippen molar-refractivity contribution in [3.05, 3.63) is 95.1 Å². The van der Waals surface area contributed by atoms with Crippen LogP contribution in [0.3, 0.4) is 0 Å². The maximum atomic E-state index is 12.9. The Balaban J connectivity index is 1.41. The molecular formula is C28H31N3O2. The number of hydrogen-bond acceptors (Lipinski definition) is 3. The van der Waals surface area contributed by atoms with Crippen LogP contribution in [0.4, 0.5) is 11.4 Å². The van der Waals surface area contributed by atoms with Crippen molar-refractivity contribution < 1.29 is 9.59 Å². The van der Waals surface area contributed by atoms with Crippen LogP contribution in [0.5, 0.6) is 0 Å². The number of nitrogens with one attached hydrogen (secondary N) is 2. The summed E-state index contributed by atoms with van der Waals surface area (Å²) < 4.78 is 0. The molecule has 0 aromatic heterocycles. The van der Waals surface area contributed by atoms with Gasteiger partial charge in [-0.25, -0.2) is 0 Å². The van der Waals surface area contributed by atoms with Crippen molar-refractivity contribution in [3.63, 3.8) is 0 Å². The molecular weight excluding hydrogens is 410 g/mol. The minimum Gasteiger partial charge on any atom is -0.367 e. The molecule has 33 heavy (non-hydrogen) atoms. The van der Waals surface area contributed by atoms with E-state index in [1.165, 1.54) is 16.8 Å². The van der Waals surface area contributed by atoms with Crippen LogP contribution < -0.4 is 15.5 Å². The summed E-state index contributed by atoms with van der Waals surface area (Å²) >= 11 is 0. The van der Waals surface area contributed by atoms with Gasteiger partial charge in [-0.3, -0.25) is 9.59 Å². The van der Waals surface area contributed by atoms with Gasteiger partial charge >= 0.3 is 0 Å². The molecule has 1 heterocycles. The minimum absolute atomic E-state index is 0.170. The predicted octanol–water partition coefficient (Wildman–Crippen LogP) is 5.42. The molecule has 3 aromatic carbocycles. The summed E-state index contributed by atoms with van der Waals surface area (Å²) in [6.07, 6.45) is 4.22. The lowest BCUT2D eigenvalue weighted by Gasteiger charge is -2.31. The molecule has 0 saturated carbocycles. The van der Waals surface area contributed by atoms with Gasteiger partial charge in [-0.1, -0.05) is 55.8 Å². The third-order valence-corrected chi connectivity index (χ3v) is 6.03. The van der Waals surface area contributed by atoms with Crippen LogP contribution in [-0.2, 0) is 13.0 Å². The lowest BCUT2D eigenvalue weighted by molar-refractivity contribution is 0.0954. The first kappa shape index (κ1) is 22.6. The van der Waals surface area contributed by atoms with Crippen molar-refractivity contribution >= 4 is 23.2 Å². The van der Waals surface area contributed by atoms with E-state index in [0.29, 0.717) is 23.4 Å². The Kier molecular flexibility index (Phi) is 7.40. The fourth-order valence-corrected chi connectivity index (χ4v) is 4.22. The Bertz CT molecular complexity index is 1110. The predicted molar refractivity (Wildman–Crippen MR) is 134 cm³/mol. The number of benzene rings is 3. The number of amides is 2. The molecule has 4 rings (SSSR count). The van der Waals surface area contributed by atoms with E-state index in [0.717, 1.165) is 38.8 Å². The highest BCUT2D eigenvalue weighted by Gasteiger charge is 2.17. The molecule has 3 aromatic rings. The molecule has 2 N–H and O–H groups in total. The van der Waals surface area contributed by atoms with Gasteiger partial charge in [0.1, 0.15) is 0 Å². The van der Waals surface area contributed by atoms with Gasteiger partial charge in [0.2, 0.25) is 0 Å². The van der Waals surface area contributed by atoms with E-state index in [-0.39, 0.29) is 11.8 Å². The Hall–Kier alpha value is -3.60.